The van der Waals surface area contributed by atoms with E-state index in [1.54, 1.807) is 54.6 Å². The van der Waals surface area contributed by atoms with Crippen LogP contribution in [0.4, 0.5) is 0 Å². The molecule has 98 valence electrons. The molecule has 20 heavy (non-hydrogen) atoms. The van der Waals surface area contributed by atoms with Gasteiger partial charge in [0.2, 0.25) is 0 Å². The summed E-state index contributed by atoms with van der Waals surface area (Å²) in [6.45, 7) is 0. The van der Waals surface area contributed by atoms with Gasteiger partial charge in [-0.3, -0.25) is 0 Å². The molecule has 0 atom stereocenters. The fourth-order valence-electron chi connectivity index (χ4n) is 2.05. The lowest BCUT2D eigenvalue weighted by Crippen LogP contribution is -2.08. The second kappa shape index (κ2) is 5.05. The number of fused-ring (bicyclic) bond motifs is 1. The summed E-state index contributed by atoms with van der Waals surface area (Å²) in [5.74, 6) is 0.292. The van der Waals surface area contributed by atoms with Gasteiger partial charge in [-0.25, -0.2) is 4.79 Å². The quantitative estimate of drug-likeness (QED) is 0.566. The molecule has 3 rings (SSSR count). The number of hydrogen-bond donors (Lipinski definition) is 1. The van der Waals surface area contributed by atoms with Gasteiger partial charge in [0.05, 0.1) is 5.56 Å². The lowest BCUT2D eigenvalue weighted by Gasteiger charge is -2.06. The smallest absolute Gasteiger partial charge is 0.343 e. The third-order valence-corrected chi connectivity index (χ3v) is 3.05. The Hall–Kier alpha value is -2.81. The number of phenols is 1. The zero-order valence-electron chi connectivity index (χ0n) is 10.6. The summed E-state index contributed by atoms with van der Waals surface area (Å²) >= 11 is 0. The summed E-state index contributed by atoms with van der Waals surface area (Å²) in [4.78, 5) is 12.1. The fraction of sp³-hybridized carbons (Fsp3) is 0. The second-order valence-corrected chi connectivity index (χ2v) is 4.42. The van der Waals surface area contributed by atoms with Crippen molar-refractivity contribution in [1.29, 1.82) is 0 Å². The maximum Gasteiger partial charge on any atom is 0.343 e. The zero-order chi connectivity index (χ0) is 13.9. The average molecular weight is 264 g/mol. The van der Waals surface area contributed by atoms with Crippen LogP contribution in [0.25, 0.3) is 10.8 Å². The number of aromatic hydroxyl groups is 1. The van der Waals surface area contributed by atoms with Gasteiger partial charge in [0.1, 0.15) is 11.5 Å². The molecular formula is C17H12O3. The van der Waals surface area contributed by atoms with E-state index in [0.29, 0.717) is 16.7 Å². The normalized spacial score (nSPS) is 10.4. The Morgan fingerprint density at radius 2 is 1.70 bits per heavy atom. The van der Waals surface area contributed by atoms with Crippen LogP contribution in [0.15, 0.2) is 66.7 Å². The number of carbonyl (C=O) groups is 1. The molecule has 3 aromatic carbocycles. The van der Waals surface area contributed by atoms with E-state index in [-0.39, 0.29) is 5.75 Å². The molecule has 0 aliphatic heterocycles. The Morgan fingerprint density at radius 3 is 2.50 bits per heavy atom. The van der Waals surface area contributed by atoms with Crippen LogP contribution in [0.1, 0.15) is 10.4 Å². The Balaban J connectivity index is 1.92. The first kappa shape index (κ1) is 12.2. The first-order valence-electron chi connectivity index (χ1n) is 6.23. The van der Waals surface area contributed by atoms with Crippen molar-refractivity contribution >= 4 is 16.7 Å². The van der Waals surface area contributed by atoms with Crippen molar-refractivity contribution < 1.29 is 14.6 Å². The minimum absolute atomic E-state index is 0.200. The molecule has 0 aliphatic rings. The monoisotopic (exact) mass is 264 g/mol. The van der Waals surface area contributed by atoms with Gasteiger partial charge in [0.15, 0.2) is 0 Å². The van der Waals surface area contributed by atoms with Crippen LogP contribution in [0.5, 0.6) is 11.5 Å². The van der Waals surface area contributed by atoms with Gasteiger partial charge in [-0.05, 0) is 41.8 Å². The molecule has 0 heterocycles. The number of esters is 1. The van der Waals surface area contributed by atoms with E-state index in [4.69, 9.17) is 4.74 Å². The van der Waals surface area contributed by atoms with Crippen LogP contribution in [0.3, 0.4) is 0 Å². The predicted molar refractivity (Wildman–Crippen MR) is 77.0 cm³/mol. The number of hydrogen-bond acceptors (Lipinski definition) is 3. The summed E-state index contributed by atoms with van der Waals surface area (Å²) in [7, 11) is 0. The highest BCUT2D eigenvalue weighted by Gasteiger charge is 2.10. The highest BCUT2D eigenvalue weighted by atomic mass is 16.5. The molecule has 3 aromatic rings. The maximum atomic E-state index is 12.1. The summed E-state index contributed by atoms with van der Waals surface area (Å²) in [5.41, 5.74) is 0.451. The van der Waals surface area contributed by atoms with Gasteiger partial charge < -0.3 is 9.84 Å². The van der Waals surface area contributed by atoms with Crippen LogP contribution in [0, 0.1) is 0 Å². The van der Waals surface area contributed by atoms with Crippen molar-refractivity contribution in [3.8, 4) is 11.5 Å². The minimum atomic E-state index is -0.415. The van der Waals surface area contributed by atoms with Gasteiger partial charge in [-0.15, -0.1) is 0 Å². The summed E-state index contributed by atoms with van der Waals surface area (Å²) in [6, 6.07) is 19.2. The standard InChI is InChI=1S/C17H12O3/c18-16-8-4-5-12-11-13(9-10-15(12)16)17(19)20-14-6-2-1-3-7-14/h1-11,18H. The van der Waals surface area contributed by atoms with E-state index < -0.39 is 5.97 Å². The van der Waals surface area contributed by atoms with Crippen molar-refractivity contribution in [2.45, 2.75) is 0 Å². The van der Waals surface area contributed by atoms with Crippen LogP contribution >= 0.6 is 0 Å². The lowest BCUT2D eigenvalue weighted by atomic mass is 10.1. The summed E-state index contributed by atoms with van der Waals surface area (Å²) in [5, 5.41) is 11.2. The van der Waals surface area contributed by atoms with E-state index in [1.165, 1.54) is 0 Å². The van der Waals surface area contributed by atoms with Crippen LogP contribution in [-0.4, -0.2) is 11.1 Å². The van der Waals surface area contributed by atoms with Crippen molar-refractivity contribution in [3.63, 3.8) is 0 Å². The van der Waals surface area contributed by atoms with E-state index >= 15 is 0 Å². The molecule has 0 amide bonds. The van der Waals surface area contributed by atoms with Crippen molar-refractivity contribution in [2.24, 2.45) is 0 Å². The third-order valence-electron chi connectivity index (χ3n) is 3.05. The Bertz CT molecular complexity index is 764. The summed E-state index contributed by atoms with van der Waals surface area (Å²) in [6.07, 6.45) is 0. The molecule has 0 aliphatic carbocycles. The predicted octanol–water partition coefficient (Wildman–Crippen LogP) is 3.76. The SMILES string of the molecule is O=C(Oc1ccccc1)c1ccc2c(O)cccc2c1. The first-order valence-corrected chi connectivity index (χ1v) is 6.23. The van der Waals surface area contributed by atoms with Gasteiger partial charge >= 0.3 is 5.97 Å². The Labute approximate surface area is 116 Å². The number of rotatable bonds is 2. The maximum absolute atomic E-state index is 12.1. The first-order chi connectivity index (χ1) is 9.74. The molecule has 0 unspecified atom stereocenters. The molecule has 0 fully saturated rings. The molecule has 3 heteroatoms. The molecular weight excluding hydrogens is 252 g/mol. The second-order valence-electron chi connectivity index (χ2n) is 4.42. The number of ether oxygens (including phenoxy) is 1. The lowest BCUT2D eigenvalue weighted by molar-refractivity contribution is 0.0735. The number of phenolic OH excluding ortho intramolecular Hbond substituents is 1. The van der Waals surface area contributed by atoms with Crippen LogP contribution in [0.2, 0.25) is 0 Å². The van der Waals surface area contributed by atoms with E-state index in [0.717, 1.165) is 5.39 Å². The van der Waals surface area contributed by atoms with E-state index in [2.05, 4.69) is 0 Å². The minimum Gasteiger partial charge on any atom is -0.507 e. The molecule has 0 aromatic heterocycles. The number of carbonyl (C=O) groups excluding carboxylic acids is 1. The highest BCUT2D eigenvalue weighted by Crippen LogP contribution is 2.25. The van der Waals surface area contributed by atoms with Crippen molar-refractivity contribution in [3.05, 3.63) is 72.3 Å². The molecule has 3 nitrogen and oxygen atoms in total. The molecule has 0 spiro atoms. The van der Waals surface area contributed by atoms with E-state index in [9.17, 15) is 9.90 Å². The molecule has 1 N–H and O–H groups in total. The topological polar surface area (TPSA) is 46.5 Å². The third kappa shape index (κ3) is 2.34. The molecule has 0 radical (unpaired) electrons. The van der Waals surface area contributed by atoms with Gasteiger partial charge in [0, 0.05) is 5.39 Å². The van der Waals surface area contributed by atoms with Gasteiger partial charge in [0.25, 0.3) is 0 Å². The number of benzene rings is 3. The number of para-hydroxylation sites is 1. The molecule has 0 saturated carbocycles. The highest BCUT2D eigenvalue weighted by molar-refractivity contribution is 5.97. The summed E-state index contributed by atoms with van der Waals surface area (Å²) < 4.78 is 5.28. The fourth-order valence-corrected chi connectivity index (χ4v) is 2.05. The largest absolute Gasteiger partial charge is 0.507 e. The van der Waals surface area contributed by atoms with Crippen LogP contribution in [-0.2, 0) is 0 Å². The van der Waals surface area contributed by atoms with Gasteiger partial charge in [-0.2, -0.15) is 0 Å². The van der Waals surface area contributed by atoms with Crippen molar-refractivity contribution in [1.82, 2.24) is 0 Å². The van der Waals surface area contributed by atoms with E-state index in [1.807, 2.05) is 12.1 Å². The average Bonchev–Trinajstić information content (AvgIpc) is 2.48. The Kier molecular flexibility index (Phi) is 3.09. The molecule has 0 saturated heterocycles. The van der Waals surface area contributed by atoms with Crippen molar-refractivity contribution in [2.75, 3.05) is 0 Å². The molecule has 0 bridgehead atoms. The van der Waals surface area contributed by atoms with Gasteiger partial charge in [-0.1, -0.05) is 30.3 Å². The Morgan fingerprint density at radius 1 is 0.900 bits per heavy atom. The van der Waals surface area contributed by atoms with Crippen LogP contribution < -0.4 is 4.74 Å². The zero-order valence-corrected chi connectivity index (χ0v) is 10.6.